The second kappa shape index (κ2) is 10.2. The van der Waals surface area contributed by atoms with Crippen LogP contribution in [0.2, 0.25) is 0 Å². The zero-order valence-electron chi connectivity index (χ0n) is 24.5. The van der Waals surface area contributed by atoms with Gasteiger partial charge in [-0.3, -0.25) is 9.55 Å². The first-order valence-electron chi connectivity index (χ1n) is 14.7. The summed E-state index contributed by atoms with van der Waals surface area (Å²) in [4.78, 5) is 30.5. The number of phenolic OH excluding ortho intramolecular Hbond substituents is 1. The number of aryl methyl sites for hydroxylation is 1. The van der Waals surface area contributed by atoms with E-state index in [9.17, 15) is 9.90 Å². The number of aromatic hydroxyl groups is 1. The van der Waals surface area contributed by atoms with Crippen molar-refractivity contribution in [2.24, 2.45) is 0 Å². The summed E-state index contributed by atoms with van der Waals surface area (Å²) in [6, 6.07) is 11.5. The first-order valence-corrected chi connectivity index (χ1v) is 14.7. The average Bonchev–Trinajstić information content (AvgIpc) is 3.77. The van der Waals surface area contributed by atoms with Gasteiger partial charge in [0.15, 0.2) is 0 Å². The highest BCUT2D eigenvalue weighted by atomic mass is 19.1. The summed E-state index contributed by atoms with van der Waals surface area (Å²) in [5.41, 5.74) is 5.25. The fraction of sp³-hybridized carbons (Fsp3) is 0.294. The van der Waals surface area contributed by atoms with Gasteiger partial charge in [-0.2, -0.15) is 4.98 Å². The van der Waals surface area contributed by atoms with Crippen LogP contribution >= 0.6 is 0 Å². The molecule has 0 radical (unpaired) electrons. The van der Waals surface area contributed by atoms with E-state index in [-0.39, 0.29) is 17.2 Å². The van der Waals surface area contributed by atoms with E-state index in [1.807, 2.05) is 39.0 Å². The van der Waals surface area contributed by atoms with Crippen molar-refractivity contribution in [2.45, 2.75) is 58.5 Å². The van der Waals surface area contributed by atoms with Crippen molar-refractivity contribution in [1.82, 2.24) is 24.1 Å². The van der Waals surface area contributed by atoms with Crippen molar-refractivity contribution in [2.75, 3.05) is 11.4 Å². The van der Waals surface area contributed by atoms with Crippen LogP contribution in [0.1, 0.15) is 67.0 Å². The molecule has 2 aliphatic rings. The summed E-state index contributed by atoms with van der Waals surface area (Å²) in [6.07, 6.45) is 5.82. The Hall–Kier alpha value is -4.79. The third kappa shape index (κ3) is 4.42. The largest absolute Gasteiger partial charge is 0.507 e. The number of benzene rings is 2. The van der Waals surface area contributed by atoms with Crippen molar-refractivity contribution in [1.29, 1.82) is 0 Å². The Bertz CT molecular complexity index is 1970. The lowest BCUT2D eigenvalue weighted by atomic mass is 10.0. The Morgan fingerprint density at radius 3 is 2.65 bits per heavy atom. The third-order valence-corrected chi connectivity index (χ3v) is 8.59. The summed E-state index contributed by atoms with van der Waals surface area (Å²) in [5, 5.41) is 11.4. The molecule has 5 aromatic rings. The molecule has 4 heterocycles. The van der Waals surface area contributed by atoms with Crippen LogP contribution in [-0.4, -0.2) is 35.7 Å². The standard InChI is InChI=1S/C34H33FN6O2/c1-5-28-37-31(21-9-10-21)26-18-39(15-16-40(26)28)33-23-12-11-22(29-24(35)7-6-8-27(29)42)17-25(23)41(34(43)38-33)32-20(4)13-14-36-30(32)19(2)3/h5-8,11-14,17,19,21,42H,1,9-10,15-16,18H2,2-4H3. The Kier molecular flexibility index (Phi) is 6.41. The summed E-state index contributed by atoms with van der Waals surface area (Å²) >= 11 is 0. The number of hydrogen-bond acceptors (Lipinski definition) is 6. The molecule has 0 saturated heterocycles. The number of imidazole rings is 1. The SMILES string of the molecule is C=Cc1nc(C2CC2)c2n1CCN(c1nc(=O)n(-c3c(C)ccnc3C(C)C)c3cc(-c4c(O)cccc4F)ccc13)C2. The van der Waals surface area contributed by atoms with E-state index < -0.39 is 11.5 Å². The van der Waals surface area contributed by atoms with Gasteiger partial charge < -0.3 is 14.6 Å². The molecule has 218 valence electrons. The van der Waals surface area contributed by atoms with E-state index in [0.29, 0.717) is 48.1 Å². The van der Waals surface area contributed by atoms with Crippen LogP contribution in [0.4, 0.5) is 10.2 Å². The summed E-state index contributed by atoms with van der Waals surface area (Å²) in [7, 11) is 0. The van der Waals surface area contributed by atoms with Crippen LogP contribution < -0.4 is 10.6 Å². The van der Waals surface area contributed by atoms with Crippen LogP contribution in [0, 0.1) is 12.7 Å². The predicted molar refractivity (Wildman–Crippen MR) is 166 cm³/mol. The number of hydrogen-bond donors (Lipinski definition) is 1. The Balaban J connectivity index is 1.47. The second-order valence-corrected chi connectivity index (χ2v) is 11.8. The lowest BCUT2D eigenvalue weighted by Gasteiger charge is -2.31. The molecule has 1 N–H and O–H groups in total. The molecular weight excluding hydrogens is 543 g/mol. The smallest absolute Gasteiger partial charge is 0.354 e. The molecular formula is C34H33FN6O2. The fourth-order valence-corrected chi connectivity index (χ4v) is 6.35. The van der Waals surface area contributed by atoms with E-state index in [1.54, 1.807) is 22.9 Å². The molecule has 3 aromatic heterocycles. The van der Waals surface area contributed by atoms with Crippen LogP contribution in [0.3, 0.4) is 0 Å². The van der Waals surface area contributed by atoms with Gasteiger partial charge in [0.05, 0.1) is 40.4 Å². The number of pyridine rings is 1. The zero-order valence-corrected chi connectivity index (χ0v) is 24.5. The van der Waals surface area contributed by atoms with Gasteiger partial charge >= 0.3 is 5.69 Å². The lowest BCUT2D eigenvalue weighted by molar-refractivity contribution is 0.472. The molecule has 0 bridgehead atoms. The Labute approximate surface area is 248 Å². The number of anilines is 1. The average molecular weight is 577 g/mol. The molecule has 8 nitrogen and oxygen atoms in total. The molecule has 0 spiro atoms. The van der Waals surface area contributed by atoms with Gasteiger partial charge in [0, 0.05) is 30.6 Å². The molecule has 1 aliphatic carbocycles. The number of nitrogens with zero attached hydrogens (tertiary/aromatic N) is 6. The zero-order chi connectivity index (χ0) is 30.0. The maximum atomic E-state index is 15.0. The van der Waals surface area contributed by atoms with Crippen molar-refractivity contribution in [3.8, 4) is 22.6 Å². The molecule has 9 heteroatoms. The van der Waals surface area contributed by atoms with Gasteiger partial charge in [-0.1, -0.05) is 32.6 Å². The summed E-state index contributed by atoms with van der Waals surface area (Å²) < 4.78 is 18.9. The first kappa shape index (κ1) is 27.1. The highest BCUT2D eigenvalue weighted by Gasteiger charge is 2.34. The molecule has 2 aromatic carbocycles. The van der Waals surface area contributed by atoms with Gasteiger partial charge in [-0.15, -0.1) is 0 Å². The van der Waals surface area contributed by atoms with E-state index in [4.69, 9.17) is 9.97 Å². The molecule has 1 fully saturated rings. The minimum absolute atomic E-state index is 0.0394. The minimum Gasteiger partial charge on any atom is -0.507 e. The summed E-state index contributed by atoms with van der Waals surface area (Å²) in [5.74, 6) is 1.25. The van der Waals surface area contributed by atoms with Gasteiger partial charge in [-0.25, -0.2) is 14.2 Å². The predicted octanol–water partition coefficient (Wildman–Crippen LogP) is 6.46. The highest BCUT2D eigenvalue weighted by molar-refractivity contribution is 5.94. The van der Waals surface area contributed by atoms with E-state index in [1.165, 1.54) is 18.2 Å². The minimum atomic E-state index is -0.544. The topological polar surface area (TPSA) is 89.1 Å². The van der Waals surface area contributed by atoms with Gasteiger partial charge in [0.25, 0.3) is 0 Å². The molecule has 0 amide bonds. The first-order chi connectivity index (χ1) is 20.8. The van der Waals surface area contributed by atoms with Gasteiger partial charge in [0.2, 0.25) is 0 Å². The molecule has 7 rings (SSSR count). The number of halogens is 1. The van der Waals surface area contributed by atoms with Crippen LogP contribution in [0.5, 0.6) is 5.75 Å². The number of rotatable bonds is 6. The van der Waals surface area contributed by atoms with Crippen LogP contribution in [-0.2, 0) is 13.1 Å². The van der Waals surface area contributed by atoms with Crippen molar-refractivity contribution in [3.05, 3.63) is 100 Å². The van der Waals surface area contributed by atoms with E-state index in [2.05, 4.69) is 21.0 Å². The molecule has 0 atom stereocenters. The Morgan fingerprint density at radius 1 is 1.12 bits per heavy atom. The molecule has 1 saturated carbocycles. The van der Waals surface area contributed by atoms with Gasteiger partial charge in [-0.05, 0) is 73.2 Å². The Morgan fingerprint density at radius 2 is 1.93 bits per heavy atom. The number of fused-ring (bicyclic) bond motifs is 2. The van der Waals surface area contributed by atoms with Crippen molar-refractivity contribution in [3.63, 3.8) is 0 Å². The normalized spacial score (nSPS) is 14.9. The van der Waals surface area contributed by atoms with E-state index in [0.717, 1.165) is 46.7 Å². The number of phenols is 1. The maximum Gasteiger partial charge on any atom is 0.354 e. The van der Waals surface area contributed by atoms with Crippen molar-refractivity contribution >= 4 is 22.8 Å². The summed E-state index contributed by atoms with van der Waals surface area (Å²) in [6.45, 7) is 11.9. The maximum absolute atomic E-state index is 15.0. The van der Waals surface area contributed by atoms with Crippen LogP contribution in [0.15, 0.2) is 60.0 Å². The van der Waals surface area contributed by atoms with E-state index >= 15 is 4.39 Å². The molecule has 1 aliphatic heterocycles. The monoisotopic (exact) mass is 576 g/mol. The fourth-order valence-electron chi connectivity index (χ4n) is 6.35. The van der Waals surface area contributed by atoms with Crippen molar-refractivity contribution < 1.29 is 9.50 Å². The molecule has 43 heavy (non-hydrogen) atoms. The quantitative estimate of drug-likeness (QED) is 0.250. The highest BCUT2D eigenvalue weighted by Crippen LogP contribution is 2.43. The molecule has 0 unspecified atom stereocenters. The van der Waals surface area contributed by atoms with Crippen LogP contribution in [0.25, 0.3) is 33.8 Å². The lowest BCUT2D eigenvalue weighted by Crippen LogP contribution is -2.37. The number of aromatic nitrogens is 5. The second-order valence-electron chi connectivity index (χ2n) is 11.8. The third-order valence-electron chi connectivity index (χ3n) is 8.59. The van der Waals surface area contributed by atoms with Gasteiger partial charge in [0.1, 0.15) is 23.2 Å².